The second kappa shape index (κ2) is 10.3. The number of carbonyl (C=O) groups is 1. The molecule has 0 heterocycles. The number of hydrogen-bond acceptors (Lipinski definition) is 3. The number of unbranched alkanes of at least 4 members (excludes halogenated alkanes) is 3. The zero-order chi connectivity index (χ0) is 11.5. The summed E-state index contributed by atoms with van der Waals surface area (Å²) in [5.41, 5.74) is 5.58. The van der Waals surface area contributed by atoms with E-state index >= 15 is 0 Å². The molecule has 0 aromatic heterocycles. The van der Waals surface area contributed by atoms with Gasteiger partial charge in [-0.25, -0.2) is 0 Å². The van der Waals surface area contributed by atoms with Crippen molar-refractivity contribution in [2.45, 2.75) is 45.1 Å². The van der Waals surface area contributed by atoms with Crippen molar-refractivity contribution in [3.8, 4) is 0 Å². The van der Waals surface area contributed by atoms with Crippen LogP contribution in [0.5, 0.6) is 0 Å². The summed E-state index contributed by atoms with van der Waals surface area (Å²) in [6, 6.07) is -0.332. The standard InChI is InChI=1S/C11H24N2OS/c1-3-10(12)11(14)13-8-6-4-5-7-9-15-2/h10H,3-9,12H2,1-2H3,(H,13,14)/t10-/m0/s1. The number of nitrogens with two attached hydrogens (primary N) is 1. The Labute approximate surface area is 97.6 Å². The average molecular weight is 232 g/mol. The van der Waals surface area contributed by atoms with Crippen LogP contribution in [0.3, 0.4) is 0 Å². The Hall–Kier alpha value is -0.220. The average Bonchev–Trinajstić information content (AvgIpc) is 2.26. The summed E-state index contributed by atoms with van der Waals surface area (Å²) in [6.07, 6.45) is 7.64. The molecule has 90 valence electrons. The Morgan fingerprint density at radius 3 is 2.60 bits per heavy atom. The van der Waals surface area contributed by atoms with Gasteiger partial charge in [0.15, 0.2) is 0 Å². The maximum absolute atomic E-state index is 11.3. The van der Waals surface area contributed by atoms with E-state index in [9.17, 15) is 4.79 Å². The van der Waals surface area contributed by atoms with Gasteiger partial charge in [0.25, 0.3) is 0 Å². The topological polar surface area (TPSA) is 55.1 Å². The largest absolute Gasteiger partial charge is 0.355 e. The Bertz CT molecular complexity index is 165. The molecule has 0 aromatic rings. The molecule has 1 amide bonds. The van der Waals surface area contributed by atoms with E-state index in [4.69, 9.17) is 5.73 Å². The van der Waals surface area contributed by atoms with E-state index in [0.29, 0.717) is 6.42 Å². The molecule has 15 heavy (non-hydrogen) atoms. The SMILES string of the molecule is CC[C@H](N)C(=O)NCCCCCCSC. The molecule has 3 N–H and O–H groups in total. The Kier molecular flexibility index (Phi) is 10.2. The van der Waals surface area contributed by atoms with E-state index in [1.807, 2.05) is 18.7 Å². The van der Waals surface area contributed by atoms with Crippen molar-refractivity contribution in [2.75, 3.05) is 18.6 Å². The summed E-state index contributed by atoms with van der Waals surface area (Å²) in [4.78, 5) is 11.3. The Morgan fingerprint density at radius 2 is 2.00 bits per heavy atom. The molecule has 3 nitrogen and oxygen atoms in total. The minimum absolute atomic E-state index is 0.0124. The molecule has 0 radical (unpaired) electrons. The summed E-state index contributed by atoms with van der Waals surface area (Å²) in [5.74, 6) is 1.23. The molecule has 1 atom stereocenters. The third kappa shape index (κ3) is 8.75. The molecular formula is C11H24N2OS. The first kappa shape index (κ1) is 14.8. The first-order valence-corrected chi connectivity index (χ1v) is 7.14. The fourth-order valence-electron chi connectivity index (χ4n) is 1.25. The van der Waals surface area contributed by atoms with E-state index in [0.717, 1.165) is 13.0 Å². The van der Waals surface area contributed by atoms with Gasteiger partial charge in [0.2, 0.25) is 5.91 Å². The quantitative estimate of drug-likeness (QED) is 0.596. The van der Waals surface area contributed by atoms with Gasteiger partial charge in [-0.3, -0.25) is 4.79 Å². The second-order valence-electron chi connectivity index (χ2n) is 3.71. The summed E-state index contributed by atoms with van der Waals surface area (Å²) in [5, 5.41) is 2.86. The van der Waals surface area contributed by atoms with Crippen LogP contribution in [0.2, 0.25) is 0 Å². The van der Waals surface area contributed by atoms with Crippen LogP contribution in [-0.2, 0) is 4.79 Å². The van der Waals surface area contributed by atoms with Crippen molar-refractivity contribution < 1.29 is 4.79 Å². The van der Waals surface area contributed by atoms with E-state index in [-0.39, 0.29) is 11.9 Å². The van der Waals surface area contributed by atoms with Gasteiger partial charge in [-0.05, 0) is 31.3 Å². The minimum atomic E-state index is -0.332. The lowest BCUT2D eigenvalue weighted by molar-refractivity contribution is -0.122. The maximum Gasteiger partial charge on any atom is 0.236 e. The predicted octanol–water partition coefficient (Wildman–Crippen LogP) is 1.76. The molecule has 0 rings (SSSR count). The molecule has 0 saturated heterocycles. The van der Waals surface area contributed by atoms with Crippen LogP contribution < -0.4 is 11.1 Å². The lowest BCUT2D eigenvalue weighted by Gasteiger charge is -2.09. The van der Waals surface area contributed by atoms with Gasteiger partial charge in [-0.1, -0.05) is 19.8 Å². The monoisotopic (exact) mass is 232 g/mol. The smallest absolute Gasteiger partial charge is 0.236 e. The number of hydrogen-bond donors (Lipinski definition) is 2. The first-order chi connectivity index (χ1) is 7.22. The summed E-state index contributed by atoms with van der Waals surface area (Å²) < 4.78 is 0. The van der Waals surface area contributed by atoms with Crippen LogP contribution in [0.1, 0.15) is 39.0 Å². The summed E-state index contributed by atoms with van der Waals surface area (Å²) >= 11 is 1.89. The van der Waals surface area contributed by atoms with E-state index in [2.05, 4.69) is 11.6 Å². The van der Waals surface area contributed by atoms with E-state index in [1.54, 1.807) is 0 Å². The molecular weight excluding hydrogens is 208 g/mol. The van der Waals surface area contributed by atoms with Crippen LogP contribution in [0.4, 0.5) is 0 Å². The van der Waals surface area contributed by atoms with Crippen molar-refractivity contribution in [1.29, 1.82) is 0 Å². The molecule has 0 saturated carbocycles. The van der Waals surface area contributed by atoms with E-state index in [1.165, 1.54) is 25.0 Å². The summed E-state index contributed by atoms with van der Waals surface area (Å²) in [6.45, 7) is 2.69. The molecule has 0 fully saturated rings. The number of rotatable bonds is 9. The van der Waals surface area contributed by atoms with E-state index < -0.39 is 0 Å². The Balaban J connectivity index is 3.20. The zero-order valence-electron chi connectivity index (χ0n) is 9.92. The lowest BCUT2D eigenvalue weighted by Crippen LogP contribution is -2.40. The summed E-state index contributed by atoms with van der Waals surface area (Å²) in [7, 11) is 0. The lowest BCUT2D eigenvalue weighted by atomic mass is 10.2. The van der Waals surface area contributed by atoms with Crippen LogP contribution >= 0.6 is 11.8 Å². The van der Waals surface area contributed by atoms with Gasteiger partial charge in [-0.2, -0.15) is 11.8 Å². The van der Waals surface area contributed by atoms with Gasteiger partial charge in [0.1, 0.15) is 0 Å². The van der Waals surface area contributed by atoms with Crippen LogP contribution in [-0.4, -0.2) is 30.5 Å². The highest BCUT2D eigenvalue weighted by molar-refractivity contribution is 7.98. The third-order valence-electron chi connectivity index (χ3n) is 2.35. The maximum atomic E-state index is 11.3. The third-order valence-corrected chi connectivity index (χ3v) is 3.05. The normalized spacial score (nSPS) is 12.5. The number of amides is 1. The van der Waals surface area contributed by atoms with Crippen molar-refractivity contribution in [2.24, 2.45) is 5.73 Å². The first-order valence-electron chi connectivity index (χ1n) is 5.74. The molecule has 4 heteroatoms. The van der Waals surface area contributed by atoms with Gasteiger partial charge in [0.05, 0.1) is 6.04 Å². The molecule has 0 bridgehead atoms. The predicted molar refractivity (Wildman–Crippen MR) is 68.1 cm³/mol. The van der Waals surface area contributed by atoms with Gasteiger partial charge < -0.3 is 11.1 Å². The molecule has 0 aliphatic rings. The van der Waals surface area contributed by atoms with Crippen molar-refractivity contribution in [3.63, 3.8) is 0 Å². The van der Waals surface area contributed by atoms with Crippen molar-refractivity contribution >= 4 is 17.7 Å². The van der Waals surface area contributed by atoms with Gasteiger partial charge in [-0.15, -0.1) is 0 Å². The highest BCUT2D eigenvalue weighted by atomic mass is 32.2. The van der Waals surface area contributed by atoms with Gasteiger partial charge >= 0.3 is 0 Å². The molecule has 0 aromatic carbocycles. The van der Waals surface area contributed by atoms with Crippen LogP contribution in [0.25, 0.3) is 0 Å². The highest BCUT2D eigenvalue weighted by Crippen LogP contribution is 2.03. The Morgan fingerprint density at radius 1 is 1.33 bits per heavy atom. The molecule has 0 aliphatic carbocycles. The highest BCUT2D eigenvalue weighted by Gasteiger charge is 2.08. The van der Waals surface area contributed by atoms with Crippen molar-refractivity contribution in [3.05, 3.63) is 0 Å². The van der Waals surface area contributed by atoms with Crippen LogP contribution in [0.15, 0.2) is 0 Å². The molecule has 0 spiro atoms. The minimum Gasteiger partial charge on any atom is -0.355 e. The van der Waals surface area contributed by atoms with Crippen LogP contribution in [0, 0.1) is 0 Å². The fourth-order valence-corrected chi connectivity index (χ4v) is 1.75. The molecule has 0 unspecified atom stereocenters. The molecule has 0 aliphatic heterocycles. The number of nitrogens with one attached hydrogen (secondary N) is 1. The fraction of sp³-hybridized carbons (Fsp3) is 0.909. The zero-order valence-corrected chi connectivity index (χ0v) is 10.7. The number of carbonyl (C=O) groups excluding carboxylic acids is 1. The number of thioether (sulfide) groups is 1. The van der Waals surface area contributed by atoms with Crippen molar-refractivity contribution in [1.82, 2.24) is 5.32 Å². The van der Waals surface area contributed by atoms with Gasteiger partial charge in [0, 0.05) is 6.54 Å². The second-order valence-corrected chi connectivity index (χ2v) is 4.70.